The fourth-order valence-corrected chi connectivity index (χ4v) is 2.33. The molecule has 0 saturated carbocycles. The number of amides is 1. The fourth-order valence-electron chi connectivity index (χ4n) is 2.33. The molecule has 0 radical (unpaired) electrons. The van der Waals surface area contributed by atoms with Crippen molar-refractivity contribution in [2.24, 2.45) is 5.73 Å². The summed E-state index contributed by atoms with van der Waals surface area (Å²) in [5.41, 5.74) is 6.18. The zero-order chi connectivity index (χ0) is 13.1. The lowest BCUT2D eigenvalue weighted by atomic mass is 10.1. The maximum absolute atomic E-state index is 13.2. The molecule has 1 aliphatic heterocycles. The zero-order valence-electron chi connectivity index (χ0n) is 9.90. The van der Waals surface area contributed by atoms with E-state index in [1.165, 1.54) is 12.1 Å². The molecule has 1 unspecified atom stereocenters. The first-order chi connectivity index (χ1) is 8.61. The van der Waals surface area contributed by atoms with Crippen molar-refractivity contribution in [1.82, 2.24) is 4.90 Å². The van der Waals surface area contributed by atoms with Crippen molar-refractivity contribution in [1.29, 1.82) is 5.26 Å². The monoisotopic (exact) mass is 247 g/mol. The van der Waals surface area contributed by atoms with Crippen LogP contribution in [-0.2, 0) is 11.3 Å². The summed E-state index contributed by atoms with van der Waals surface area (Å²) in [5.74, 6) is -0.843. The van der Waals surface area contributed by atoms with E-state index in [0.717, 1.165) is 24.9 Å². The molecule has 1 amide bonds. The highest BCUT2D eigenvalue weighted by atomic mass is 19.1. The van der Waals surface area contributed by atoms with Gasteiger partial charge in [-0.05, 0) is 37.1 Å². The van der Waals surface area contributed by atoms with Gasteiger partial charge in [0.05, 0.1) is 11.6 Å². The first-order valence-corrected chi connectivity index (χ1v) is 5.83. The summed E-state index contributed by atoms with van der Waals surface area (Å²) in [6.07, 6.45) is 1.70. The van der Waals surface area contributed by atoms with Crippen LogP contribution < -0.4 is 5.73 Å². The summed E-state index contributed by atoms with van der Waals surface area (Å²) in [5, 5.41) is 8.77. The van der Waals surface area contributed by atoms with E-state index in [-0.39, 0.29) is 17.5 Å². The molecule has 4 nitrogen and oxygen atoms in total. The maximum Gasteiger partial charge on any atom is 0.234 e. The Morgan fingerprint density at radius 3 is 3.06 bits per heavy atom. The van der Waals surface area contributed by atoms with Crippen LogP contribution in [0.4, 0.5) is 4.39 Å². The van der Waals surface area contributed by atoms with Crippen LogP contribution in [0.3, 0.4) is 0 Å². The Labute approximate surface area is 105 Å². The number of likely N-dealkylation sites (tertiary alicyclic amines) is 1. The Balaban J connectivity index is 2.14. The lowest BCUT2D eigenvalue weighted by Crippen LogP contribution is -2.39. The molecule has 1 atom stereocenters. The number of benzene rings is 1. The highest BCUT2D eigenvalue weighted by Crippen LogP contribution is 2.20. The second-order valence-electron chi connectivity index (χ2n) is 4.46. The molecule has 0 bridgehead atoms. The Hall–Kier alpha value is -1.93. The average Bonchev–Trinajstić information content (AvgIpc) is 2.80. The van der Waals surface area contributed by atoms with E-state index in [1.807, 2.05) is 11.0 Å². The number of nitriles is 1. The van der Waals surface area contributed by atoms with Crippen molar-refractivity contribution in [2.75, 3.05) is 6.54 Å². The number of hydrogen-bond donors (Lipinski definition) is 1. The molecule has 0 spiro atoms. The molecule has 18 heavy (non-hydrogen) atoms. The average molecular weight is 247 g/mol. The van der Waals surface area contributed by atoms with Gasteiger partial charge in [0.2, 0.25) is 5.91 Å². The van der Waals surface area contributed by atoms with Gasteiger partial charge in [0.15, 0.2) is 0 Å². The van der Waals surface area contributed by atoms with Gasteiger partial charge >= 0.3 is 0 Å². The van der Waals surface area contributed by atoms with Gasteiger partial charge in [0.25, 0.3) is 0 Å². The van der Waals surface area contributed by atoms with Gasteiger partial charge in [-0.25, -0.2) is 4.39 Å². The molecular formula is C13H14FN3O. The minimum absolute atomic E-state index is 0.0299. The third-order valence-corrected chi connectivity index (χ3v) is 3.23. The van der Waals surface area contributed by atoms with Crippen molar-refractivity contribution >= 4 is 5.91 Å². The maximum atomic E-state index is 13.2. The Morgan fingerprint density at radius 2 is 2.39 bits per heavy atom. The number of primary amides is 1. The molecule has 5 heteroatoms. The van der Waals surface area contributed by atoms with Crippen LogP contribution in [0.15, 0.2) is 18.2 Å². The standard InChI is InChI=1S/C13H14FN3O/c14-11-4-3-9(6-10(11)7-15)8-17-5-1-2-12(17)13(16)18/h3-4,6,12H,1-2,5,8H2,(H2,16,18). The Bertz CT molecular complexity index is 509. The number of carbonyl (C=O) groups is 1. The first-order valence-electron chi connectivity index (χ1n) is 5.83. The van der Waals surface area contributed by atoms with Crippen LogP contribution in [0.2, 0.25) is 0 Å². The highest BCUT2D eigenvalue weighted by Gasteiger charge is 2.28. The van der Waals surface area contributed by atoms with Crippen LogP contribution in [0.5, 0.6) is 0 Å². The van der Waals surface area contributed by atoms with Crippen LogP contribution in [-0.4, -0.2) is 23.4 Å². The fraction of sp³-hybridized carbons (Fsp3) is 0.385. The lowest BCUT2D eigenvalue weighted by Gasteiger charge is -2.21. The summed E-state index contributed by atoms with van der Waals surface area (Å²) >= 11 is 0. The summed E-state index contributed by atoms with van der Waals surface area (Å²) < 4.78 is 13.2. The number of nitrogens with zero attached hydrogens (tertiary/aromatic N) is 2. The molecular weight excluding hydrogens is 233 g/mol. The quantitative estimate of drug-likeness (QED) is 0.871. The summed E-state index contributed by atoms with van der Waals surface area (Å²) in [6.45, 7) is 1.31. The van der Waals surface area contributed by atoms with E-state index in [1.54, 1.807) is 6.07 Å². The van der Waals surface area contributed by atoms with Crippen molar-refractivity contribution < 1.29 is 9.18 Å². The second-order valence-corrected chi connectivity index (χ2v) is 4.46. The predicted molar refractivity (Wildman–Crippen MR) is 63.7 cm³/mol. The number of nitrogens with two attached hydrogens (primary N) is 1. The molecule has 1 aromatic carbocycles. The van der Waals surface area contributed by atoms with Gasteiger partial charge in [0.1, 0.15) is 11.9 Å². The Morgan fingerprint density at radius 1 is 1.61 bits per heavy atom. The molecule has 1 aromatic rings. The van der Waals surface area contributed by atoms with Crippen molar-refractivity contribution in [2.45, 2.75) is 25.4 Å². The molecule has 0 aliphatic carbocycles. The van der Waals surface area contributed by atoms with Gasteiger partial charge in [-0.1, -0.05) is 6.07 Å². The molecule has 2 rings (SSSR count). The van der Waals surface area contributed by atoms with Crippen LogP contribution in [0.1, 0.15) is 24.0 Å². The largest absolute Gasteiger partial charge is 0.368 e. The first kappa shape index (κ1) is 12.5. The molecule has 1 saturated heterocycles. The van der Waals surface area contributed by atoms with E-state index in [9.17, 15) is 9.18 Å². The summed E-state index contributed by atoms with van der Waals surface area (Å²) in [7, 11) is 0. The number of carbonyl (C=O) groups excluding carboxylic acids is 1. The second kappa shape index (κ2) is 5.15. The van der Waals surface area contributed by atoms with Crippen molar-refractivity contribution in [3.05, 3.63) is 35.1 Å². The van der Waals surface area contributed by atoms with Gasteiger partial charge in [0, 0.05) is 6.54 Å². The van der Waals surface area contributed by atoms with Crippen LogP contribution >= 0.6 is 0 Å². The van der Waals surface area contributed by atoms with Crippen LogP contribution in [0, 0.1) is 17.1 Å². The Kier molecular flexibility index (Phi) is 3.58. The number of halogens is 1. The zero-order valence-corrected chi connectivity index (χ0v) is 9.90. The molecule has 1 heterocycles. The lowest BCUT2D eigenvalue weighted by molar-refractivity contribution is -0.122. The molecule has 94 valence electrons. The minimum atomic E-state index is -0.519. The van der Waals surface area contributed by atoms with Crippen molar-refractivity contribution in [3.63, 3.8) is 0 Å². The normalized spacial score (nSPS) is 19.7. The van der Waals surface area contributed by atoms with Gasteiger partial charge < -0.3 is 5.73 Å². The number of rotatable bonds is 3. The van der Waals surface area contributed by atoms with Gasteiger partial charge in [-0.15, -0.1) is 0 Å². The van der Waals surface area contributed by atoms with E-state index in [0.29, 0.717) is 6.54 Å². The SMILES string of the molecule is N#Cc1cc(CN2CCCC2C(N)=O)ccc1F. The molecule has 0 aromatic heterocycles. The molecule has 1 aliphatic rings. The summed E-state index contributed by atoms with van der Waals surface area (Å²) in [4.78, 5) is 13.2. The van der Waals surface area contributed by atoms with E-state index in [4.69, 9.17) is 11.0 Å². The highest BCUT2D eigenvalue weighted by molar-refractivity contribution is 5.80. The minimum Gasteiger partial charge on any atom is -0.368 e. The topological polar surface area (TPSA) is 70.1 Å². The van der Waals surface area contributed by atoms with Gasteiger partial charge in [-0.3, -0.25) is 9.69 Å². The smallest absolute Gasteiger partial charge is 0.234 e. The number of hydrogen-bond acceptors (Lipinski definition) is 3. The third kappa shape index (κ3) is 2.49. The van der Waals surface area contributed by atoms with E-state index in [2.05, 4.69) is 0 Å². The van der Waals surface area contributed by atoms with Gasteiger partial charge in [-0.2, -0.15) is 5.26 Å². The summed E-state index contributed by atoms with van der Waals surface area (Å²) in [6, 6.07) is 5.99. The van der Waals surface area contributed by atoms with Crippen LogP contribution in [0.25, 0.3) is 0 Å². The van der Waals surface area contributed by atoms with Crippen molar-refractivity contribution in [3.8, 4) is 6.07 Å². The molecule has 1 fully saturated rings. The predicted octanol–water partition coefficient (Wildman–Crippen LogP) is 1.15. The van der Waals surface area contributed by atoms with E-state index < -0.39 is 5.82 Å². The third-order valence-electron chi connectivity index (χ3n) is 3.23. The van der Waals surface area contributed by atoms with E-state index >= 15 is 0 Å². The molecule has 2 N–H and O–H groups in total.